The second kappa shape index (κ2) is 4.76. The first-order valence-electron chi connectivity index (χ1n) is 6.08. The van der Waals surface area contributed by atoms with E-state index in [1.165, 1.54) is 18.3 Å². The zero-order valence-electron chi connectivity index (χ0n) is 10.3. The molecule has 5 heteroatoms. The van der Waals surface area contributed by atoms with Crippen LogP contribution < -0.4 is 5.32 Å². The van der Waals surface area contributed by atoms with E-state index in [0.717, 1.165) is 25.7 Å². The highest BCUT2D eigenvalue weighted by molar-refractivity contribution is 5.97. The Morgan fingerprint density at radius 3 is 2.72 bits per heavy atom. The fourth-order valence-corrected chi connectivity index (χ4v) is 2.17. The van der Waals surface area contributed by atoms with Gasteiger partial charge in [0, 0.05) is 17.3 Å². The first-order valence-corrected chi connectivity index (χ1v) is 6.08. The van der Waals surface area contributed by atoms with E-state index in [9.17, 15) is 9.59 Å². The number of carboxylic acids is 1. The molecule has 1 fully saturated rings. The molecule has 1 heterocycles. The molecular weight excluding hydrogens is 232 g/mol. The first-order chi connectivity index (χ1) is 8.56. The number of carboxylic acid groups (broad SMARTS) is 1. The van der Waals surface area contributed by atoms with Crippen molar-refractivity contribution in [2.75, 3.05) is 0 Å². The minimum Gasteiger partial charge on any atom is -0.477 e. The maximum Gasteiger partial charge on any atom is 0.354 e. The molecule has 0 unspecified atom stereocenters. The summed E-state index contributed by atoms with van der Waals surface area (Å²) < 4.78 is 0. The summed E-state index contributed by atoms with van der Waals surface area (Å²) in [6, 6.07) is 2.84. The number of carbonyl (C=O) groups is 2. The topological polar surface area (TPSA) is 79.3 Å². The monoisotopic (exact) mass is 248 g/mol. The molecular formula is C13H16N2O3. The Hall–Kier alpha value is -1.91. The summed E-state index contributed by atoms with van der Waals surface area (Å²) in [5.41, 5.74) is 0.146. The Morgan fingerprint density at radius 2 is 2.22 bits per heavy atom. The molecule has 18 heavy (non-hydrogen) atoms. The minimum atomic E-state index is -1.13. The van der Waals surface area contributed by atoms with E-state index in [2.05, 4.69) is 17.2 Å². The molecule has 0 atom stereocenters. The van der Waals surface area contributed by atoms with Crippen molar-refractivity contribution in [3.63, 3.8) is 0 Å². The van der Waals surface area contributed by atoms with Gasteiger partial charge in [0.15, 0.2) is 0 Å². The number of pyridine rings is 1. The van der Waals surface area contributed by atoms with E-state index < -0.39 is 5.97 Å². The molecule has 2 rings (SSSR count). The SMILES string of the molecule is CCC1(NC(=O)c2ccnc(C(=O)O)c2)CCC1. The van der Waals surface area contributed by atoms with Crippen LogP contribution in [-0.2, 0) is 0 Å². The highest BCUT2D eigenvalue weighted by atomic mass is 16.4. The number of hydrogen-bond donors (Lipinski definition) is 2. The van der Waals surface area contributed by atoms with Crippen molar-refractivity contribution in [1.82, 2.24) is 10.3 Å². The number of hydrogen-bond acceptors (Lipinski definition) is 3. The number of nitrogens with one attached hydrogen (secondary N) is 1. The second-order valence-electron chi connectivity index (χ2n) is 4.68. The van der Waals surface area contributed by atoms with Crippen LogP contribution in [0.5, 0.6) is 0 Å². The number of carbonyl (C=O) groups excluding carboxylic acids is 1. The van der Waals surface area contributed by atoms with Gasteiger partial charge < -0.3 is 10.4 Å². The van der Waals surface area contributed by atoms with Gasteiger partial charge in [-0.3, -0.25) is 4.79 Å². The molecule has 0 aliphatic heterocycles. The van der Waals surface area contributed by atoms with Crippen molar-refractivity contribution in [3.05, 3.63) is 29.6 Å². The molecule has 0 spiro atoms. The predicted octanol–water partition coefficient (Wildman–Crippen LogP) is 1.84. The zero-order chi connectivity index (χ0) is 13.2. The Bertz CT molecular complexity index is 475. The highest BCUT2D eigenvalue weighted by Crippen LogP contribution is 2.34. The fraction of sp³-hybridized carbons (Fsp3) is 0.462. The van der Waals surface area contributed by atoms with Crippen molar-refractivity contribution in [1.29, 1.82) is 0 Å². The van der Waals surface area contributed by atoms with Gasteiger partial charge >= 0.3 is 5.97 Å². The molecule has 1 amide bonds. The molecule has 96 valence electrons. The van der Waals surface area contributed by atoms with Crippen molar-refractivity contribution in [3.8, 4) is 0 Å². The summed E-state index contributed by atoms with van der Waals surface area (Å²) >= 11 is 0. The van der Waals surface area contributed by atoms with Gasteiger partial charge in [-0.2, -0.15) is 0 Å². The van der Waals surface area contributed by atoms with E-state index in [0.29, 0.717) is 5.56 Å². The van der Waals surface area contributed by atoms with Gasteiger partial charge in [0.2, 0.25) is 0 Å². The fourth-order valence-electron chi connectivity index (χ4n) is 2.17. The van der Waals surface area contributed by atoms with Crippen molar-refractivity contribution in [2.24, 2.45) is 0 Å². The van der Waals surface area contributed by atoms with E-state index >= 15 is 0 Å². The van der Waals surface area contributed by atoms with Crippen molar-refractivity contribution in [2.45, 2.75) is 38.1 Å². The van der Waals surface area contributed by atoms with Gasteiger partial charge in [-0.1, -0.05) is 6.92 Å². The number of amides is 1. The van der Waals surface area contributed by atoms with Gasteiger partial charge in [0.05, 0.1) is 0 Å². The molecule has 5 nitrogen and oxygen atoms in total. The zero-order valence-corrected chi connectivity index (χ0v) is 10.3. The predicted molar refractivity (Wildman–Crippen MR) is 65.5 cm³/mol. The Labute approximate surface area is 105 Å². The molecule has 0 bridgehead atoms. The summed E-state index contributed by atoms with van der Waals surface area (Å²) in [6.07, 6.45) is 5.36. The van der Waals surface area contributed by atoms with Crippen LogP contribution >= 0.6 is 0 Å². The second-order valence-corrected chi connectivity index (χ2v) is 4.68. The third kappa shape index (κ3) is 2.34. The van der Waals surface area contributed by atoms with Gasteiger partial charge in [0.25, 0.3) is 5.91 Å². The van der Waals surface area contributed by atoms with Crippen LogP contribution in [0.3, 0.4) is 0 Å². The van der Waals surface area contributed by atoms with Gasteiger partial charge in [-0.15, -0.1) is 0 Å². The van der Waals surface area contributed by atoms with E-state index in [-0.39, 0.29) is 17.1 Å². The lowest BCUT2D eigenvalue weighted by molar-refractivity contribution is 0.0690. The molecule has 0 aromatic carbocycles. The molecule has 0 saturated heterocycles. The first kappa shape index (κ1) is 12.5. The van der Waals surface area contributed by atoms with Crippen LogP contribution in [0, 0.1) is 0 Å². The molecule has 1 aliphatic rings. The Kier molecular flexibility index (Phi) is 3.32. The summed E-state index contributed by atoms with van der Waals surface area (Å²) in [7, 11) is 0. The summed E-state index contributed by atoms with van der Waals surface area (Å²) in [5, 5.41) is 11.8. The molecule has 0 radical (unpaired) electrons. The van der Waals surface area contributed by atoms with Crippen molar-refractivity contribution < 1.29 is 14.7 Å². The van der Waals surface area contributed by atoms with Crippen LogP contribution in [0.25, 0.3) is 0 Å². The van der Waals surface area contributed by atoms with E-state index in [4.69, 9.17) is 5.11 Å². The largest absolute Gasteiger partial charge is 0.477 e. The average Bonchev–Trinajstić information content (AvgIpc) is 2.33. The standard InChI is InChI=1S/C13H16N2O3/c1-2-13(5-3-6-13)15-11(16)9-4-7-14-10(8-9)12(17)18/h4,7-8H,2-3,5-6H2,1H3,(H,15,16)(H,17,18). The lowest BCUT2D eigenvalue weighted by Crippen LogP contribution is -2.53. The Morgan fingerprint density at radius 1 is 1.50 bits per heavy atom. The number of rotatable bonds is 4. The lowest BCUT2D eigenvalue weighted by atomic mass is 9.74. The van der Waals surface area contributed by atoms with Crippen LogP contribution in [0.1, 0.15) is 53.5 Å². The van der Waals surface area contributed by atoms with Crippen LogP contribution in [0.15, 0.2) is 18.3 Å². The normalized spacial score (nSPS) is 16.7. The summed E-state index contributed by atoms with van der Waals surface area (Å²) in [5.74, 6) is -1.35. The molecule has 1 saturated carbocycles. The summed E-state index contributed by atoms with van der Waals surface area (Å²) in [4.78, 5) is 26.5. The lowest BCUT2D eigenvalue weighted by Gasteiger charge is -2.42. The van der Waals surface area contributed by atoms with E-state index in [1.54, 1.807) is 0 Å². The highest BCUT2D eigenvalue weighted by Gasteiger charge is 2.36. The van der Waals surface area contributed by atoms with E-state index in [1.807, 2.05) is 0 Å². The molecule has 1 aromatic heterocycles. The maximum atomic E-state index is 12.1. The number of aromatic nitrogens is 1. The van der Waals surface area contributed by atoms with Gasteiger partial charge in [-0.25, -0.2) is 9.78 Å². The maximum absolute atomic E-state index is 12.1. The molecule has 2 N–H and O–H groups in total. The minimum absolute atomic E-state index is 0.0935. The Balaban J connectivity index is 2.13. The van der Waals surface area contributed by atoms with Gasteiger partial charge in [0.1, 0.15) is 5.69 Å². The van der Waals surface area contributed by atoms with Crippen LogP contribution in [0.4, 0.5) is 0 Å². The third-order valence-corrected chi connectivity index (χ3v) is 3.61. The van der Waals surface area contributed by atoms with Gasteiger partial charge in [-0.05, 0) is 37.8 Å². The molecule has 1 aromatic rings. The van der Waals surface area contributed by atoms with Crippen molar-refractivity contribution >= 4 is 11.9 Å². The third-order valence-electron chi connectivity index (χ3n) is 3.61. The number of aromatic carboxylic acids is 1. The number of nitrogens with zero attached hydrogens (tertiary/aromatic N) is 1. The van der Waals surface area contributed by atoms with Crippen LogP contribution in [-0.4, -0.2) is 27.5 Å². The quantitative estimate of drug-likeness (QED) is 0.852. The molecule has 1 aliphatic carbocycles. The smallest absolute Gasteiger partial charge is 0.354 e. The van der Waals surface area contributed by atoms with Crippen LogP contribution in [0.2, 0.25) is 0 Å². The average molecular weight is 248 g/mol. The summed E-state index contributed by atoms with van der Waals surface area (Å²) in [6.45, 7) is 2.05.